The van der Waals surface area contributed by atoms with Crippen LogP contribution in [0.25, 0.3) is 11.1 Å². The number of pyridine rings is 1. The maximum atomic E-state index is 12.0. The third-order valence-electron chi connectivity index (χ3n) is 6.33. The maximum absolute atomic E-state index is 12.0. The fourth-order valence-corrected chi connectivity index (χ4v) is 5.12. The van der Waals surface area contributed by atoms with Gasteiger partial charge in [0.2, 0.25) is 5.88 Å². The van der Waals surface area contributed by atoms with Crippen LogP contribution in [0.5, 0.6) is 11.6 Å². The van der Waals surface area contributed by atoms with E-state index >= 15 is 0 Å². The van der Waals surface area contributed by atoms with Gasteiger partial charge in [-0.2, -0.15) is 0 Å². The van der Waals surface area contributed by atoms with Gasteiger partial charge in [-0.15, -0.1) is 0 Å². The van der Waals surface area contributed by atoms with Gasteiger partial charge in [0.05, 0.1) is 25.4 Å². The number of sulfone groups is 1. The number of hydrogen-bond donors (Lipinski definition) is 0. The van der Waals surface area contributed by atoms with Crippen LogP contribution in [0, 0.1) is 13.8 Å². The van der Waals surface area contributed by atoms with Gasteiger partial charge < -0.3 is 18.8 Å². The van der Waals surface area contributed by atoms with E-state index < -0.39 is 28.9 Å². The molecule has 0 saturated carbocycles. The molecule has 0 unspecified atom stereocenters. The van der Waals surface area contributed by atoms with Gasteiger partial charge in [0.1, 0.15) is 22.2 Å². The highest BCUT2D eigenvalue weighted by molar-refractivity contribution is 7.90. The lowest BCUT2D eigenvalue weighted by molar-refractivity contribution is -0.145. The number of nitrogens with zero attached hydrogens (tertiary/aromatic N) is 2. The molecule has 0 amide bonds. The smallest absolute Gasteiger partial charge is 0.494 e. The first-order valence-corrected chi connectivity index (χ1v) is 15.2. The maximum Gasteiger partial charge on any atom is 0.636 e. The molecule has 41 heavy (non-hydrogen) atoms. The molecule has 3 aromatic rings. The second kappa shape index (κ2) is 13.2. The van der Waals surface area contributed by atoms with Crippen LogP contribution >= 0.6 is 0 Å². The second-order valence-electron chi connectivity index (χ2n) is 10.1. The number of benzene rings is 2. The van der Waals surface area contributed by atoms with Crippen molar-refractivity contribution in [1.29, 1.82) is 0 Å². The Morgan fingerprint density at radius 2 is 1.66 bits per heavy atom. The molecule has 1 saturated heterocycles. The van der Waals surface area contributed by atoms with Crippen LogP contribution in [0.2, 0.25) is 0 Å². The van der Waals surface area contributed by atoms with Crippen LogP contribution in [0.4, 0.5) is 0 Å². The van der Waals surface area contributed by atoms with Gasteiger partial charge in [0.25, 0.3) is 0 Å². The van der Waals surface area contributed by atoms with E-state index in [0.29, 0.717) is 30.1 Å². The molecule has 1 aromatic heterocycles. The lowest BCUT2D eigenvalue weighted by Gasteiger charge is -2.22. The fourth-order valence-electron chi connectivity index (χ4n) is 4.48. The van der Waals surface area contributed by atoms with E-state index in [4.69, 9.17) is 18.8 Å². The van der Waals surface area contributed by atoms with Crippen LogP contribution < -0.4 is 14.9 Å². The van der Waals surface area contributed by atoms with Gasteiger partial charge in [-0.1, -0.05) is 30.3 Å². The van der Waals surface area contributed by atoms with Crippen molar-refractivity contribution in [3.05, 3.63) is 71.4 Å². The SMILES string of the molecule is Cc1cc(OCCCS(C)(=O)=O)nc(C)c1-c1cccc(COc2ccc(B3OC(=O)CN(C)CC(=O)O3)cc2)c1. The normalized spacial score (nSPS) is 14.6. The summed E-state index contributed by atoms with van der Waals surface area (Å²) in [6.45, 7) is 4.51. The Morgan fingerprint density at radius 1 is 0.976 bits per heavy atom. The Hall–Kier alpha value is -3.90. The molecule has 1 aliphatic rings. The zero-order valence-electron chi connectivity index (χ0n) is 23.6. The number of carbonyl (C=O) groups excluding carboxylic acids is 2. The first-order valence-electron chi connectivity index (χ1n) is 13.2. The van der Waals surface area contributed by atoms with Crippen molar-refractivity contribution in [1.82, 2.24) is 9.88 Å². The molecule has 0 spiro atoms. The van der Waals surface area contributed by atoms with Gasteiger partial charge in [-0.05, 0) is 62.2 Å². The van der Waals surface area contributed by atoms with E-state index in [9.17, 15) is 18.0 Å². The largest absolute Gasteiger partial charge is 0.636 e. The average Bonchev–Trinajstić information content (AvgIpc) is 2.88. The third-order valence-corrected chi connectivity index (χ3v) is 7.36. The van der Waals surface area contributed by atoms with Crippen LogP contribution in [0.1, 0.15) is 23.2 Å². The Balaban J connectivity index is 1.38. The summed E-state index contributed by atoms with van der Waals surface area (Å²) in [5, 5.41) is 0. The molecule has 216 valence electrons. The zero-order valence-corrected chi connectivity index (χ0v) is 24.4. The highest BCUT2D eigenvalue weighted by atomic mass is 32.2. The molecule has 1 aliphatic heterocycles. The van der Waals surface area contributed by atoms with E-state index in [2.05, 4.69) is 4.98 Å². The number of hydrogen-bond acceptors (Lipinski definition) is 10. The van der Waals surface area contributed by atoms with Crippen LogP contribution in [0.3, 0.4) is 0 Å². The number of aromatic nitrogens is 1. The zero-order chi connectivity index (χ0) is 29.6. The summed E-state index contributed by atoms with van der Waals surface area (Å²) >= 11 is 0. The van der Waals surface area contributed by atoms with Gasteiger partial charge in [0, 0.05) is 29.0 Å². The predicted molar refractivity (Wildman–Crippen MR) is 155 cm³/mol. The van der Waals surface area contributed by atoms with E-state index in [1.165, 1.54) is 11.2 Å². The third kappa shape index (κ3) is 8.79. The van der Waals surface area contributed by atoms with Crippen LogP contribution in [-0.2, 0) is 35.3 Å². The van der Waals surface area contributed by atoms with E-state index in [0.717, 1.165) is 27.9 Å². The van der Waals surface area contributed by atoms with E-state index in [1.807, 2.05) is 44.2 Å². The quantitative estimate of drug-likeness (QED) is 0.261. The van der Waals surface area contributed by atoms with Crippen molar-refractivity contribution in [2.75, 3.05) is 38.8 Å². The van der Waals surface area contributed by atoms with E-state index in [1.54, 1.807) is 31.3 Å². The van der Waals surface area contributed by atoms with Crippen molar-refractivity contribution in [3.63, 3.8) is 0 Å². The molecule has 0 aliphatic carbocycles. The molecule has 4 rings (SSSR count). The summed E-state index contributed by atoms with van der Waals surface area (Å²) in [5.74, 6) is 0.200. The summed E-state index contributed by atoms with van der Waals surface area (Å²) in [6, 6.07) is 16.7. The highest BCUT2D eigenvalue weighted by Gasteiger charge is 2.33. The summed E-state index contributed by atoms with van der Waals surface area (Å²) in [7, 11) is -2.48. The Kier molecular flexibility index (Phi) is 9.67. The monoisotopic (exact) mass is 580 g/mol. The summed E-state index contributed by atoms with van der Waals surface area (Å²) in [4.78, 5) is 30.2. The van der Waals surface area contributed by atoms with Gasteiger partial charge >= 0.3 is 19.1 Å². The molecule has 10 nitrogen and oxygen atoms in total. The van der Waals surface area contributed by atoms with Gasteiger partial charge in [0.15, 0.2) is 0 Å². The molecule has 1 fully saturated rings. The minimum atomic E-state index is -3.02. The standard InChI is InChI=1S/C29H33BN2O8S/c1-20-15-26(37-13-6-14-41(4,35)36)31-21(2)29(20)23-8-5-7-22(16-23)19-38-25-11-9-24(10-12-25)30-39-27(33)17-32(3)18-28(34)40-30/h5,7-12,15-16H,6,13-14,17-19H2,1-4H3. The summed E-state index contributed by atoms with van der Waals surface area (Å²) in [5.41, 5.74) is 5.27. The van der Waals surface area contributed by atoms with Crippen LogP contribution in [0.15, 0.2) is 54.6 Å². The average molecular weight is 580 g/mol. The topological polar surface area (TPSA) is 121 Å². The molecular weight excluding hydrogens is 547 g/mol. The highest BCUT2D eigenvalue weighted by Crippen LogP contribution is 2.29. The number of carbonyl (C=O) groups is 2. The summed E-state index contributed by atoms with van der Waals surface area (Å²) < 4.78 is 44.9. The Labute approximate surface area is 240 Å². The lowest BCUT2D eigenvalue weighted by Crippen LogP contribution is -2.47. The number of likely N-dealkylation sites (N-methyl/N-ethyl adjacent to an activating group) is 1. The molecule has 2 heterocycles. The first kappa shape index (κ1) is 30.1. The molecule has 0 bridgehead atoms. The summed E-state index contributed by atoms with van der Waals surface area (Å²) in [6.07, 6.45) is 1.62. The predicted octanol–water partition coefficient (Wildman–Crippen LogP) is 2.48. The Bertz CT molecular complexity index is 1470. The van der Waals surface area contributed by atoms with Crippen molar-refractivity contribution in [3.8, 4) is 22.8 Å². The molecule has 0 N–H and O–H groups in total. The number of ether oxygens (including phenoxy) is 2. The number of rotatable bonds is 10. The first-order chi connectivity index (χ1) is 19.5. The van der Waals surface area contributed by atoms with Crippen molar-refractivity contribution < 1.29 is 36.8 Å². The lowest BCUT2D eigenvalue weighted by atomic mass is 9.78. The molecule has 0 radical (unpaired) electrons. The molecule has 2 aromatic carbocycles. The fraction of sp³-hybridized carbons (Fsp3) is 0.345. The minimum Gasteiger partial charge on any atom is -0.494 e. The van der Waals surface area contributed by atoms with Crippen molar-refractivity contribution >= 4 is 34.4 Å². The Morgan fingerprint density at radius 3 is 2.29 bits per heavy atom. The van der Waals surface area contributed by atoms with Gasteiger partial charge in [-0.3, -0.25) is 14.5 Å². The molecular formula is C29H33BN2O8S. The second-order valence-corrected chi connectivity index (χ2v) is 12.4. The number of aryl methyl sites for hydroxylation is 2. The van der Waals surface area contributed by atoms with Gasteiger partial charge in [-0.25, -0.2) is 13.4 Å². The van der Waals surface area contributed by atoms with E-state index in [-0.39, 0.29) is 25.4 Å². The van der Waals surface area contributed by atoms with Crippen LogP contribution in [-0.4, -0.2) is 76.1 Å². The minimum absolute atomic E-state index is 0.00614. The van der Waals surface area contributed by atoms with Crippen molar-refractivity contribution in [2.24, 2.45) is 0 Å². The molecule has 0 atom stereocenters. The van der Waals surface area contributed by atoms with Crippen molar-refractivity contribution in [2.45, 2.75) is 26.9 Å². The molecule has 12 heteroatoms.